The Morgan fingerprint density at radius 2 is 1.83 bits per heavy atom. The van der Waals surface area contributed by atoms with Crippen LogP contribution in [0.1, 0.15) is 50.3 Å². The fraction of sp³-hybridized carbons (Fsp3) is 0.524. The predicted octanol–water partition coefficient (Wildman–Crippen LogP) is 5.38. The van der Waals surface area contributed by atoms with E-state index in [0.717, 1.165) is 42.4 Å². The largest absolute Gasteiger partial charge is 0.490 e. The normalized spacial score (nSPS) is 14.3. The summed E-state index contributed by atoms with van der Waals surface area (Å²) in [6, 6.07) is 8.52. The molecule has 5 nitrogen and oxygen atoms in total. The van der Waals surface area contributed by atoms with Crippen molar-refractivity contribution in [3.05, 3.63) is 47.4 Å². The van der Waals surface area contributed by atoms with Crippen molar-refractivity contribution in [1.29, 1.82) is 0 Å². The second kappa shape index (κ2) is 11.0. The molecule has 0 aliphatic heterocycles. The summed E-state index contributed by atoms with van der Waals surface area (Å²) in [6.45, 7) is 3.56. The number of hydrogen-bond acceptors (Lipinski definition) is 3. The highest BCUT2D eigenvalue weighted by atomic mass is 19.4. The Bertz CT molecular complexity index is 798. The van der Waals surface area contributed by atoms with Crippen LogP contribution >= 0.6 is 0 Å². The maximum Gasteiger partial charge on any atom is 0.490 e. The van der Waals surface area contributed by atoms with Crippen LogP contribution in [0.2, 0.25) is 0 Å². The number of aromatic nitrogens is 2. The average molecular weight is 430 g/mol. The number of aryl methyl sites for hydroxylation is 1. The number of nitrogens with zero attached hydrogens (tertiary/aromatic N) is 2. The Morgan fingerprint density at radius 1 is 1.23 bits per heavy atom. The Labute approximate surface area is 172 Å². The van der Waals surface area contributed by atoms with Gasteiger partial charge >= 0.3 is 12.1 Å². The molecule has 3 rings (SSSR count). The van der Waals surface area contributed by atoms with E-state index >= 15 is 0 Å². The maximum absolute atomic E-state index is 13.0. The molecule has 9 heteroatoms. The molecule has 1 aliphatic rings. The molecule has 1 aromatic heterocycles. The van der Waals surface area contributed by atoms with Gasteiger partial charge in [-0.05, 0) is 42.9 Å². The minimum atomic E-state index is -5.08. The number of aliphatic carboxylic acids is 1. The SMILES string of the molecule is CCCc1cc(OCc2ccc(F)cc2)n(CC2CCCC2)n1.O=C(O)C(F)(F)F. The lowest BCUT2D eigenvalue weighted by molar-refractivity contribution is -0.192. The van der Waals surface area contributed by atoms with E-state index < -0.39 is 12.1 Å². The summed E-state index contributed by atoms with van der Waals surface area (Å²) in [5.41, 5.74) is 2.07. The van der Waals surface area contributed by atoms with Gasteiger partial charge in [0, 0.05) is 12.6 Å². The van der Waals surface area contributed by atoms with Crippen molar-refractivity contribution < 1.29 is 32.2 Å². The summed E-state index contributed by atoms with van der Waals surface area (Å²) < 4.78 is 52.7. The van der Waals surface area contributed by atoms with Gasteiger partial charge in [0.15, 0.2) is 0 Å². The molecule has 0 unspecified atom stereocenters. The van der Waals surface area contributed by atoms with Crippen LogP contribution in [-0.4, -0.2) is 27.0 Å². The second-order valence-electron chi connectivity index (χ2n) is 7.27. The number of alkyl halides is 3. The number of carbonyl (C=O) groups is 1. The standard InChI is InChI=1S/C19H25FN2O.C2HF3O2/c1-2-5-18-12-19(22(21-18)13-15-6-3-4-7-15)23-14-16-8-10-17(20)11-9-16;3-2(4,5)1(6)7/h8-12,15H,2-7,13-14H2,1H3;(H,6,7). The molecule has 0 spiro atoms. The molecule has 30 heavy (non-hydrogen) atoms. The zero-order chi connectivity index (χ0) is 22.1. The maximum atomic E-state index is 13.0. The van der Waals surface area contributed by atoms with Crippen molar-refractivity contribution in [2.75, 3.05) is 0 Å². The van der Waals surface area contributed by atoms with Crippen molar-refractivity contribution in [1.82, 2.24) is 9.78 Å². The van der Waals surface area contributed by atoms with Gasteiger partial charge in [0.25, 0.3) is 0 Å². The molecular formula is C21H26F4N2O3. The number of hydrogen-bond donors (Lipinski definition) is 1. The number of rotatable bonds is 7. The van der Waals surface area contributed by atoms with Crippen molar-refractivity contribution >= 4 is 5.97 Å². The molecule has 0 atom stereocenters. The number of halogens is 4. The Kier molecular flexibility index (Phi) is 8.68. The smallest absolute Gasteiger partial charge is 0.475 e. The monoisotopic (exact) mass is 430 g/mol. The van der Waals surface area contributed by atoms with E-state index in [0.29, 0.717) is 6.61 Å². The summed E-state index contributed by atoms with van der Waals surface area (Å²) in [5.74, 6) is -1.42. The number of carboxylic acid groups (broad SMARTS) is 1. The molecule has 0 bridgehead atoms. The van der Waals surface area contributed by atoms with Crippen LogP contribution in [0.3, 0.4) is 0 Å². The van der Waals surface area contributed by atoms with E-state index in [-0.39, 0.29) is 5.82 Å². The van der Waals surface area contributed by atoms with Crippen LogP contribution in [0.15, 0.2) is 30.3 Å². The lowest BCUT2D eigenvalue weighted by Gasteiger charge is -2.13. The van der Waals surface area contributed by atoms with Crippen molar-refractivity contribution in [3.63, 3.8) is 0 Å². The zero-order valence-electron chi connectivity index (χ0n) is 16.8. The third-order valence-electron chi connectivity index (χ3n) is 4.75. The molecule has 1 aromatic carbocycles. The third-order valence-corrected chi connectivity index (χ3v) is 4.75. The van der Waals surface area contributed by atoms with Crippen LogP contribution < -0.4 is 4.74 Å². The Hall–Kier alpha value is -2.58. The molecule has 1 saturated carbocycles. The van der Waals surface area contributed by atoms with Gasteiger partial charge in [0.2, 0.25) is 5.88 Å². The van der Waals surface area contributed by atoms with Crippen LogP contribution in [0.5, 0.6) is 5.88 Å². The first-order valence-corrected chi connectivity index (χ1v) is 9.93. The summed E-state index contributed by atoms with van der Waals surface area (Å²) in [4.78, 5) is 8.90. The molecule has 166 valence electrons. The predicted molar refractivity (Wildman–Crippen MR) is 103 cm³/mol. The van der Waals surface area contributed by atoms with E-state index in [9.17, 15) is 17.6 Å². The molecule has 0 amide bonds. The van der Waals surface area contributed by atoms with Gasteiger partial charge in [-0.3, -0.25) is 0 Å². The number of ether oxygens (including phenoxy) is 1. The highest BCUT2D eigenvalue weighted by Crippen LogP contribution is 2.28. The quantitative estimate of drug-likeness (QED) is 0.600. The van der Waals surface area contributed by atoms with Crippen LogP contribution in [0.4, 0.5) is 17.6 Å². The third kappa shape index (κ3) is 7.68. The van der Waals surface area contributed by atoms with Gasteiger partial charge in [-0.2, -0.15) is 18.3 Å². The molecule has 1 heterocycles. The molecule has 1 fully saturated rings. The molecule has 1 aliphatic carbocycles. The van der Waals surface area contributed by atoms with Crippen LogP contribution in [0, 0.1) is 11.7 Å². The first kappa shape index (κ1) is 23.7. The minimum Gasteiger partial charge on any atom is -0.475 e. The van der Waals surface area contributed by atoms with Gasteiger partial charge in [0.05, 0.1) is 5.69 Å². The van der Waals surface area contributed by atoms with Gasteiger partial charge in [-0.1, -0.05) is 38.3 Å². The summed E-state index contributed by atoms with van der Waals surface area (Å²) in [6.07, 6.45) is 2.22. The van der Waals surface area contributed by atoms with Gasteiger partial charge < -0.3 is 9.84 Å². The highest BCUT2D eigenvalue weighted by molar-refractivity contribution is 5.73. The first-order valence-electron chi connectivity index (χ1n) is 9.93. The molecule has 2 aromatic rings. The van der Waals surface area contributed by atoms with E-state index in [2.05, 4.69) is 13.0 Å². The van der Waals surface area contributed by atoms with Crippen LogP contribution in [0.25, 0.3) is 0 Å². The van der Waals surface area contributed by atoms with E-state index in [1.807, 2.05) is 4.68 Å². The topological polar surface area (TPSA) is 64.4 Å². The second-order valence-corrected chi connectivity index (χ2v) is 7.27. The molecule has 1 N–H and O–H groups in total. The van der Waals surface area contributed by atoms with E-state index in [1.54, 1.807) is 12.1 Å². The average Bonchev–Trinajstić information content (AvgIpc) is 3.32. The van der Waals surface area contributed by atoms with E-state index in [1.165, 1.54) is 37.8 Å². The van der Waals surface area contributed by atoms with Crippen molar-refractivity contribution in [2.45, 2.75) is 64.8 Å². The fourth-order valence-electron chi connectivity index (χ4n) is 3.25. The fourth-order valence-corrected chi connectivity index (χ4v) is 3.25. The minimum absolute atomic E-state index is 0.217. The Balaban J connectivity index is 0.000000396. The molecule has 0 saturated heterocycles. The highest BCUT2D eigenvalue weighted by Gasteiger charge is 2.38. The van der Waals surface area contributed by atoms with Gasteiger partial charge in [0.1, 0.15) is 12.4 Å². The lowest BCUT2D eigenvalue weighted by atomic mass is 10.1. The molecule has 0 radical (unpaired) electrons. The van der Waals surface area contributed by atoms with E-state index in [4.69, 9.17) is 19.7 Å². The zero-order valence-corrected chi connectivity index (χ0v) is 16.8. The summed E-state index contributed by atoms with van der Waals surface area (Å²) in [7, 11) is 0. The summed E-state index contributed by atoms with van der Waals surface area (Å²) in [5, 5.41) is 11.8. The van der Waals surface area contributed by atoms with Gasteiger partial charge in [-0.15, -0.1) is 0 Å². The van der Waals surface area contributed by atoms with Crippen molar-refractivity contribution in [3.8, 4) is 5.88 Å². The van der Waals surface area contributed by atoms with Crippen LogP contribution in [-0.2, 0) is 24.4 Å². The number of benzene rings is 1. The lowest BCUT2D eigenvalue weighted by Crippen LogP contribution is -2.21. The van der Waals surface area contributed by atoms with Crippen molar-refractivity contribution in [2.24, 2.45) is 5.92 Å². The number of carboxylic acids is 1. The molecular weight excluding hydrogens is 404 g/mol. The first-order chi connectivity index (χ1) is 14.2. The summed E-state index contributed by atoms with van der Waals surface area (Å²) >= 11 is 0. The Morgan fingerprint density at radius 3 is 2.37 bits per heavy atom. The van der Waals surface area contributed by atoms with Gasteiger partial charge in [-0.25, -0.2) is 13.9 Å².